The maximum Gasteiger partial charge on any atom is 0.0591 e. The molecule has 134 valence electrons. The van der Waals surface area contributed by atoms with Gasteiger partial charge in [0.2, 0.25) is 0 Å². The van der Waals surface area contributed by atoms with Crippen LogP contribution in [0.2, 0.25) is 0 Å². The number of aryl methyl sites for hydroxylation is 1. The molecule has 0 saturated heterocycles. The Labute approximate surface area is 153 Å². The van der Waals surface area contributed by atoms with Gasteiger partial charge in [0, 0.05) is 10.6 Å². The summed E-state index contributed by atoms with van der Waals surface area (Å²) >= 11 is 1.90. The number of thioether (sulfide) groups is 1. The predicted molar refractivity (Wildman–Crippen MR) is 109 cm³/mol. The molecule has 0 spiro atoms. The van der Waals surface area contributed by atoms with Gasteiger partial charge >= 0.3 is 0 Å². The second kappa shape index (κ2) is 10.8. The summed E-state index contributed by atoms with van der Waals surface area (Å²) in [6.45, 7) is 10.3. The monoisotopic (exact) mass is 346 g/mol. The molecule has 0 aliphatic heterocycles. The lowest BCUT2D eigenvalue weighted by Gasteiger charge is -2.16. The first-order valence-corrected chi connectivity index (χ1v) is 9.98. The molecule has 1 N–H and O–H groups in total. The minimum absolute atomic E-state index is 0.533. The van der Waals surface area contributed by atoms with Gasteiger partial charge in [-0.2, -0.15) is 0 Å². The van der Waals surface area contributed by atoms with E-state index < -0.39 is 5.60 Å². The fourth-order valence-corrected chi connectivity index (χ4v) is 3.35. The number of aliphatic hydroxyl groups is 1. The molecule has 0 aliphatic carbocycles. The molecule has 0 amide bonds. The molecule has 0 aromatic heterocycles. The van der Waals surface area contributed by atoms with E-state index in [-0.39, 0.29) is 0 Å². The van der Waals surface area contributed by atoms with Crippen molar-refractivity contribution >= 4 is 11.8 Å². The van der Waals surface area contributed by atoms with Crippen molar-refractivity contribution in [3.05, 3.63) is 53.1 Å². The predicted octanol–water partition coefficient (Wildman–Crippen LogP) is 6.70. The quantitative estimate of drug-likeness (QED) is 0.375. The zero-order valence-corrected chi connectivity index (χ0v) is 16.9. The number of hydrogen-bond donors (Lipinski definition) is 1. The Morgan fingerprint density at radius 3 is 2.29 bits per heavy atom. The molecule has 0 fully saturated rings. The Bertz CT molecular complexity index is 532. The molecule has 0 radical (unpaired) electrons. The third-order valence-electron chi connectivity index (χ3n) is 4.09. The number of hydrogen-bond acceptors (Lipinski definition) is 2. The molecule has 0 atom stereocenters. The van der Waals surface area contributed by atoms with E-state index in [2.05, 4.69) is 57.2 Å². The van der Waals surface area contributed by atoms with Gasteiger partial charge < -0.3 is 5.11 Å². The molecule has 2 heteroatoms. The maximum absolute atomic E-state index is 9.73. The molecule has 0 heterocycles. The van der Waals surface area contributed by atoms with Crippen molar-refractivity contribution in [2.75, 3.05) is 5.75 Å². The molecule has 1 nitrogen and oxygen atoms in total. The molecule has 0 bridgehead atoms. The Kier molecular flexibility index (Phi) is 9.46. The first kappa shape index (κ1) is 21.1. The molecule has 1 aromatic rings. The van der Waals surface area contributed by atoms with E-state index in [1.54, 1.807) is 0 Å². The molecule has 0 unspecified atom stereocenters. The van der Waals surface area contributed by atoms with Gasteiger partial charge in [-0.15, -0.1) is 11.8 Å². The van der Waals surface area contributed by atoms with E-state index in [4.69, 9.17) is 0 Å². The van der Waals surface area contributed by atoms with E-state index in [0.717, 1.165) is 37.9 Å². The average Bonchev–Trinajstić information content (AvgIpc) is 2.48. The second-order valence-corrected chi connectivity index (χ2v) is 8.52. The van der Waals surface area contributed by atoms with E-state index in [0.29, 0.717) is 0 Å². The molecular weight excluding hydrogens is 312 g/mol. The Hall–Kier alpha value is -0.990. The van der Waals surface area contributed by atoms with Crippen molar-refractivity contribution in [1.29, 1.82) is 0 Å². The number of benzene rings is 1. The van der Waals surface area contributed by atoms with E-state index in [9.17, 15) is 5.11 Å². The number of allylic oxidation sites excluding steroid dienone is 3. The molecule has 1 aromatic carbocycles. The highest BCUT2D eigenvalue weighted by atomic mass is 32.2. The van der Waals surface area contributed by atoms with Gasteiger partial charge in [0.1, 0.15) is 0 Å². The van der Waals surface area contributed by atoms with Gasteiger partial charge in [-0.25, -0.2) is 0 Å². The van der Waals surface area contributed by atoms with Gasteiger partial charge in [0.15, 0.2) is 0 Å². The zero-order valence-electron chi connectivity index (χ0n) is 16.1. The van der Waals surface area contributed by atoms with Crippen molar-refractivity contribution in [2.45, 2.75) is 77.2 Å². The van der Waals surface area contributed by atoms with E-state index in [1.165, 1.54) is 21.6 Å². The van der Waals surface area contributed by atoms with Crippen LogP contribution in [0, 0.1) is 6.92 Å². The lowest BCUT2D eigenvalue weighted by atomic mass is 9.99. The Morgan fingerprint density at radius 2 is 1.67 bits per heavy atom. The van der Waals surface area contributed by atoms with Crippen LogP contribution in [0.3, 0.4) is 0 Å². The van der Waals surface area contributed by atoms with Gasteiger partial charge in [0.05, 0.1) is 5.60 Å². The minimum atomic E-state index is -0.533. The fraction of sp³-hybridized carbons (Fsp3) is 0.545. The summed E-state index contributed by atoms with van der Waals surface area (Å²) in [7, 11) is 0. The standard InChI is InChI=1S/C22H34OS/c1-18(10-7-16-22(4,5)23)8-6-9-19(2)15-17-24-21-13-11-20(3)12-14-21/h8,11-15,23H,6-7,9-10,16-17H2,1-5H3/b18-8+,19-15+. The molecule has 1 rings (SSSR count). The summed E-state index contributed by atoms with van der Waals surface area (Å²) in [5.74, 6) is 1.04. The smallest absolute Gasteiger partial charge is 0.0591 e. The van der Waals surface area contributed by atoms with Crippen LogP contribution >= 0.6 is 11.8 Å². The highest BCUT2D eigenvalue weighted by Gasteiger charge is 2.11. The normalized spacial score (nSPS) is 13.4. The van der Waals surface area contributed by atoms with Gasteiger partial charge in [-0.05, 0) is 78.9 Å². The Balaban J connectivity index is 2.23. The number of rotatable bonds is 10. The summed E-state index contributed by atoms with van der Waals surface area (Å²) in [6.07, 6.45) is 9.98. The first-order valence-electron chi connectivity index (χ1n) is 8.99. The van der Waals surface area contributed by atoms with Gasteiger partial charge in [-0.1, -0.05) is 41.0 Å². The average molecular weight is 347 g/mol. The summed E-state index contributed by atoms with van der Waals surface area (Å²) in [4.78, 5) is 1.34. The van der Waals surface area contributed by atoms with Crippen molar-refractivity contribution in [1.82, 2.24) is 0 Å². The topological polar surface area (TPSA) is 20.2 Å². The largest absolute Gasteiger partial charge is 0.390 e. The van der Waals surface area contributed by atoms with E-state index in [1.807, 2.05) is 25.6 Å². The molecular formula is C22H34OS. The molecule has 0 saturated carbocycles. The van der Waals surface area contributed by atoms with E-state index >= 15 is 0 Å². The van der Waals surface area contributed by atoms with Crippen LogP contribution in [0.25, 0.3) is 0 Å². The third kappa shape index (κ3) is 10.7. The summed E-state index contributed by atoms with van der Waals surface area (Å²) in [6, 6.07) is 8.74. The summed E-state index contributed by atoms with van der Waals surface area (Å²) in [5, 5.41) is 9.73. The van der Waals surface area contributed by atoms with Crippen molar-refractivity contribution in [3.63, 3.8) is 0 Å². The Morgan fingerprint density at radius 1 is 1.04 bits per heavy atom. The highest BCUT2D eigenvalue weighted by Crippen LogP contribution is 2.20. The van der Waals surface area contributed by atoms with Crippen LogP contribution in [0.1, 0.15) is 65.4 Å². The van der Waals surface area contributed by atoms with Crippen LogP contribution < -0.4 is 0 Å². The van der Waals surface area contributed by atoms with Gasteiger partial charge in [-0.3, -0.25) is 0 Å². The fourth-order valence-electron chi connectivity index (χ4n) is 2.46. The van der Waals surface area contributed by atoms with Crippen LogP contribution in [0.5, 0.6) is 0 Å². The van der Waals surface area contributed by atoms with Crippen LogP contribution in [-0.4, -0.2) is 16.5 Å². The lowest BCUT2D eigenvalue weighted by Crippen LogP contribution is -2.17. The first-order chi connectivity index (χ1) is 11.3. The van der Waals surface area contributed by atoms with Crippen LogP contribution in [0.15, 0.2) is 52.5 Å². The minimum Gasteiger partial charge on any atom is -0.390 e. The highest BCUT2D eigenvalue weighted by molar-refractivity contribution is 7.99. The molecule has 24 heavy (non-hydrogen) atoms. The van der Waals surface area contributed by atoms with Crippen LogP contribution in [0.4, 0.5) is 0 Å². The van der Waals surface area contributed by atoms with Crippen molar-refractivity contribution in [3.8, 4) is 0 Å². The maximum atomic E-state index is 9.73. The summed E-state index contributed by atoms with van der Waals surface area (Å²) in [5.41, 5.74) is 3.70. The van der Waals surface area contributed by atoms with Crippen molar-refractivity contribution in [2.24, 2.45) is 0 Å². The van der Waals surface area contributed by atoms with Crippen molar-refractivity contribution < 1.29 is 5.11 Å². The molecule has 0 aliphatic rings. The zero-order chi connectivity index (χ0) is 18.0. The van der Waals surface area contributed by atoms with Crippen LogP contribution in [-0.2, 0) is 0 Å². The lowest BCUT2D eigenvalue weighted by molar-refractivity contribution is 0.0689. The summed E-state index contributed by atoms with van der Waals surface area (Å²) < 4.78 is 0. The second-order valence-electron chi connectivity index (χ2n) is 7.43. The SMILES string of the molecule is C/C(=C\CSc1ccc(C)cc1)CC/C=C(\C)CCCC(C)(C)O. The van der Waals surface area contributed by atoms with Gasteiger partial charge in [0.25, 0.3) is 0 Å². The third-order valence-corrected chi connectivity index (χ3v) is 5.03.